The maximum Gasteiger partial charge on any atom is 0.416 e. The van der Waals surface area contributed by atoms with Gasteiger partial charge < -0.3 is 5.11 Å². The summed E-state index contributed by atoms with van der Waals surface area (Å²) in [6.45, 7) is 3.68. The molecule has 4 aliphatic rings. The number of benzene rings is 2. The molecule has 0 spiro atoms. The fraction of sp³-hybridized carbons (Fsp3) is 0.273. The number of aromatic hydroxyl groups is 1. The lowest BCUT2D eigenvalue weighted by Crippen LogP contribution is -2.39. The second-order valence-corrected chi connectivity index (χ2v) is 12.4. The molecule has 0 aromatic heterocycles. The van der Waals surface area contributed by atoms with Crippen LogP contribution in [0.4, 0.5) is 32.0 Å². The minimum atomic E-state index is -5.21. The average Bonchev–Trinajstić information content (AvgIpc) is 3.24. The van der Waals surface area contributed by atoms with Crippen molar-refractivity contribution in [3.8, 4) is 5.75 Å². The summed E-state index contributed by atoms with van der Waals surface area (Å²) < 4.78 is 81.8. The van der Waals surface area contributed by atoms with Crippen LogP contribution in [0.2, 0.25) is 0 Å². The summed E-state index contributed by atoms with van der Waals surface area (Å²) in [5.41, 5.74) is -2.93. The molecule has 238 valence electrons. The van der Waals surface area contributed by atoms with E-state index in [4.69, 9.17) is 0 Å². The molecule has 2 aromatic carbocycles. The number of hydrogen-bond donors (Lipinski definition) is 1. The van der Waals surface area contributed by atoms with Gasteiger partial charge in [0.05, 0.1) is 33.1 Å². The van der Waals surface area contributed by atoms with Crippen molar-refractivity contribution < 1.29 is 50.6 Å². The number of rotatable bonds is 4. The second-order valence-electron chi connectivity index (χ2n) is 11.5. The van der Waals surface area contributed by atoms with Crippen LogP contribution >= 0.6 is 15.9 Å². The third-order valence-electron chi connectivity index (χ3n) is 8.99. The lowest BCUT2D eigenvalue weighted by molar-refractivity contribution is -0.143. The molecule has 46 heavy (non-hydrogen) atoms. The highest BCUT2D eigenvalue weighted by atomic mass is 79.9. The molecular weight excluding hydrogens is 684 g/mol. The summed E-state index contributed by atoms with van der Waals surface area (Å²) in [6.07, 6.45) is -6.17. The largest absolute Gasteiger partial charge is 0.507 e. The van der Waals surface area contributed by atoms with E-state index < -0.39 is 76.2 Å². The minimum absolute atomic E-state index is 0.0397. The van der Waals surface area contributed by atoms with Crippen LogP contribution in [-0.2, 0) is 38.0 Å². The third-order valence-corrected chi connectivity index (χ3v) is 9.58. The zero-order valence-electron chi connectivity index (χ0n) is 23.5. The smallest absolute Gasteiger partial charge is 0.416 e. The molecule has 1 aliphatic heterocycles. The summed E-state index contributed by atoms with van der Waals surface area (Å²) in [4.78, 5) is 54.8. The van der Waals surface area contributed by atoms with E-state index in [0.29, 0.717) is 28.2 Å². The number of nitrogens with zero attached hydrogens (tertiary/aromatic N) is 1. The normalized spacial score (nSPS) is 24.8. The third kappa shape index (κ3) is 4.95. The molecule has 0 saturated carbocycles. The summed E-state index contributed by atoms with van der Waals surface area (Å²) >= 11 is 3.10. The number of alkyl halides is 6. The van der Waals surface area contributed by atoms with Crippen molar-refractivity contribution in [1.29, 1.82) is 0 Å². The van der Waals surface area contributed by atoms with Gasteiger partial charge in [0.25, 0.3) is 0 Å². The minimum Gasteiger partial charge on any atom is -0.507 e. The molecule has 2 amide bonds. The predicted octanol–water partition coefficient (Wildman–Crippen LogP) is 7.12. The molecule has 1 saturated heterocycles. The van der Waals surface area contributed by atoms with Gasteiger partial charge in [-0.25, -0.2) is 4.90 Å². The van der Waals surface area contributed by atoms with Crippen molar-refractivity contribution in [2.24, 2.45) is 17.8 Å². The molecule has 1 heterocycles. The van der Waals surface area contributed by atoms with Gasteiger partial charge in [0.15, 0.2) is 11.6 Å². The van der Waals surface area contributed by atoms with E-state index in [9.17, 15) is 50.6 Å². The number of allylic oxidation sites excluding steroid dienone is 7. The van der Waals surface area contributed by atoms with Gasteiger partial charge in [-0.15, -0.1) is 6.58 Å². The number of carbonyl (C=O) groups excluding carboxylic acids is 4. The van der Waals surface area contributed by atoms with Crippen molar-refractivity contribution in [3.05, 3.63) is 105 Å². The number of halogens is 7. The summed E-state index contributed by atoms with van der Waals surface area (Å²) in [7, 11) is 0. The maximum absolute atomic E-state index is 14.0. The first-order chi connectivity index (χ1) is 21.5. The van der Waals surface area contributed by atoms with Gasteiger partial charge >= 0.3 is 12.4 Å². The number of Topliss-reactive ketones (excluding diaryl/α,β-unsaturated/α-hetero) is 1. The predicted molar refractivity (Wildman–Crippen MR) is 156 cm³/mol. The number of imide groups is 1. The van der Waals surface area contributed by atoms with Gasteiger partial charge in [-0.05, 0) is 64.9 Å². The molecule has 0 radical (unpaired) electrons. The van der Waals surface area contributed by atoms with E-state index >= 15 is 0 Å². The first-order valence-corrected chi connectivity index (χ1v) is 14.8. The average molecular weight is 706 g/mol. The Morgan fingerprint density at radius 2 is 1.61 bits per heavy atom. The Labute approximate surface area is 265 Å². The van der Waals surface area contributed by atoms with E-state index in [1.807, 2.05) is 0 Å². The standard InChI is InChI=1S/C33H22BrF6NO5/c1-2-4-14-5-3-6-19(28(14)43)25-18-7-8-20-26(21(18)12-22-27(25)24(42)13-23(34)29(22)44)31(46)41(30(20)45)17-10-15(32(35,36)37)9-16(11-17)33(38,39)40/h2-3,5-7,9-11,13,20-21,25-26,43H,1,4,8,12H2/t20-,21+,25+,26-/m0/s1. The van der Waals surface area contributed by atoms with Crippen LogP contribution in [-0.4, -0.2) is 28.5 Å². The van der Waals surface area contributed by atoms with Gasteiger partial charge in [-0.1, -0.05) is 35.9 Å². The monoisotopic (exact) mass is 705 g/mol. The molecule has 6 rings (SSSR count). The zero-order valence-corrected chi connectivity index (χ0v) is 25.1. The van der Waals surface area contributed by atoms with E-state index in [0.717, 1.165) is 6.08 Å². The number of hydrogen-bond acceptors (Lipinski definition) is 5. The number of amides is 2. The fourth-order valence-corrected chi connectivity index (χ4v) is 7.50. The zero-order chi connectivity index (χ0) is 33.5. The molecule has 0 unspecified atom stereocenters. The van der Waals surface area contributed by atoms with Gasteiger partial charge in [0, 0.05) is 28.7 Å². The Bertz CT molecular complexity index is 1820. The lowest BCUT2D eigenvalue weighted by atomic mass is 9.59. The second kappa shape index (κ2) is 10.9. The lowest BCUT2D eigenvalue weighted by Gasteiger charge is -2.42. The number of anilines is 1. The number of para-hydroxylation sites is 1. The topological polar surface area (TPSA) is 91.8 Å². The highest BCUT2D eigenvalue weighted by Crippen LogP contribution is 2.57. The molecule has 6 nitrogen and oxygen atoms in total. The van der Waals surface area contributed by atoms with E-state index in [1.54, 1.807) is 30.4 Å². The summed E-state index contributed by atoms with van der Waals surface area (Å²) in [5.74, 6) is -7.60. The van der Waals surface area contributed by atoms with Crippen molar-refractivity contribution in [1.82, 2.24) is 0 Å². The van der Waals surface area contributed by atoms with Gasteiger partial charge in [0.2, 0.25) is 11.8 Å². The molecule has 4 atom stereocenters. The van der Waals surface area contributed by atoms with E-state index in [-0.39, 0.29) is 52.3 Å². The van der Waals surface area contributed by atoms with Crippen LogP contribution in [0.1, 0.15) is 41.0 Å². The Kier molecular flexibility index (Phi) is 7.53. The number of ketones is 2. The number of phenolic OH excluding ortho intramolecular Hbond substituents is 1. The molecule has 3 aliphatic carbocycles. The quantitative estimate of drug-likeness (QED) is 0.158. The maximum atomic E-state index is 14.0. The van der Waals surface area contributed by atoms with Crippen LogP contribution < -0.4 is 4.90 Å². The van der Waals surface area contributed by atoms with Gasteiger partial charge in [-0.2, -0.15) is 26.3 Å². The summed E-state index contributed by atoms with van der Waals surface area (Å²) in [6, 6.07) is 5.42. The highest BCUT2D eigenvalue weighted by Gasteiger charge is 2.57. The SMILES string of the molecule is C=CCc1cccc([C@H]2C3=CC[C@@H]4C(=O)N(c5cc(C(F)(F)F)cc(C(F)(F)F)c5)C(=O)[C@@H]4[C@@H]3CC3=C2C(=O)C=C(Br)C3=O)c1O. The van der Waals surface area contributed by atoms with Crippen molar-refractivity contribution in [2.45, 2.75) is 37.5 Å². The molecule has 1 N–H and O–H groups in total. The molecule has 1 fully saturated rings. The van der Waals surface area contributed by atoms with Crippen molar-refractivity contribution in [3.63, 3.8) is 0 Å². The molecule has 13 heteroatoms. The number of carbonyl (C=O) groups is 4. The van der Waals surface area contributed by atoms with Gasteiger partial charge in [0.1, 0.15) is 5.75 Å². The Hall–Kier alpha value is -4.26. The van der Waals surface area contributed by atoms with Crippen LogP contribution in [0.5, 0.6) is 5.75 Å². The van der Waals surface area contributed by atoms with Gasteiger partial charge in [-0.3, -0.25) is 19.2 Å². The molecule has 2 aromatic rings. The Balaban J connectivity index is 1.49. The number of phenols is 1. The Morgan fingerprint density at radius 3 is 2.22 bits per heavy atom. The van der Waals surface area contributed by atoms with Crippen LogP contribution in [0.15, 0.2) is 82.4 Å². The first kappa shape index (κ1) is 31.7. The van der Waals surface area contributed by atoms with Crippen molar-refractivity contribution >= 4 is 45.0 Å². The van der Waals surface area contributed by atoms with Crippen LogP contribution in [0.25, 0.3) is 0 Å². The molecular formula is C33H22BrF6NO5. The van der Waals surface area contributed by atoms with E-state index in [1.165, 1.54) is 0 Å². The van der Waals surface area contributed by atoms with Crippen LogP contribution in [0.3, 0.4) is 0 Å². The fourth-order valence-electron chi connectivity index (χ4n) is 7.05. The summed E-state index contributed by atoms with van der Waals surface area (Å²) in [5, 5.41) is 11.3. The highest BCUT2D eigenvalue weighted by molar-refractivity contribution is 9.12. The van der Waals surface area contributed by atoms with E-state index in [2.05, 4.69) is 22.5 Å². The van der Waals surface area contributed by atoms with Crippen molar-refractivity contribution in [2.75, 3.05) is 4.90 Å². The van der Waals surface area contributed by atoms with Crippen LogP contribution in [0, 0.1) is 17.8 Å². The first-order valence-electron chi connectivity index (χ1n) is 14.0. The Morgan fingerprint density at radius 1 is 0.957 bits per heavy atom. The molecule has 0 bridgehead atoms. The number of fused-ring (bicyclic) bond motifs is 3.